The third kappa shape index (κ3) is 3.97. The number of anilines is 1. The zero-order valence-electron chi connectivity index (χ0n) is 11.7. The lowest BCUT2D eigenvalue weighted by Crippen LogP contribution is -2.19. The SMILES string of the molecule is COC(=O)C[C@@H](Cc1ccc2c(c1)CCC(=O)N2)N=[N+]=[N-]. The smallest absolute Gasteiger partial charge is 0.305 e. The van der Waals surface area contributed by atoms with Crippen molar-refractivity contribution >= 4 is 17.6 Å². The number of methoxy groups -OCH3 is 1. The van der Waals surface area contributed by atoms with Crippen LogP contribution in [0, 0.1) is 0 Å². The molecule has 1 heterocycles. The fraction of sp³-hybridized carbons (Fsp3) is 0.429. The molecular formula is C14H16N4O3. The van der Waals surface area contributed by atoms with E-state index in [0.717, 1.165) is 16.8 Å². The summed E-state index contributed by atoms with van der Waals surface area (Å²) >= 11 is 0. The monoisotopic (exact) mass is 288 g/mol. The van der Waals surface area contributed by atoms with Crippen molar-refractivity contribution in [1.82, 2.24) is 0 Å². The Morgan fingerprint density at radius 2 is 2.33 bits per heavy atom. The molecule has 1 N–H and O–H groups in total. The van der Waals surface area contributed by atoms with Crippen LogP contribution < -0.4 is 5.32 Å². The van der Waals surface area contributed by atoms with Gasteiger partial charge in [0.1, 0.15) is 0 Å². The number of rotatable bonds is 5. The topological polar surface area (TPSA) is 104 Å². The van der Waals surface area contributed by atoms with Crippen LogP contribution in [0.1, 0.15) is 24.0 Å². The first-order chi connectivity index (χ1) is 10.1. The maximum Gasteiger partial charge on any atom is 0.305 e. The van der Waals surface area contributed by atoms with Crippen molar-refractivity contribution in [1.29, 1.82) is 0 Å². The van der Waals surface area contributed by atoms with Crippen molar-refractivity contribution < 1.29 is 14.3 Å². The van der Waals surface area contributed by atoms with Gasteiger partial charge in [-0.2, -0.15) is 0 Å². The van der Waals surface area contributed by atoms with E-state index in [1.54, 1.807) is 0 Å². The van der Waals surface area contributed by atoms with Gasteiger partial charge in [-0.3, -0.25) is 9.59 Å². The summed E-state index contributed by atoms with van der Waals surface area (Å²) in [6.45, 7) is 0. The van der Waals surface area contributed by atoms with Gasteiger partial charge in [0.05, 0.1) is 19.6 Å². The second-order valence-electron chi connectivity index (χ2n) is 4.88. The Morgan fingerprint density at radius 1 is 1.52 bits per heavy atom. The molecule has 0 aromatic heterocycles. The summed E-state index contributed by atoms with van der Waals surface area (Å²) < 4.78 is 4.60. The molecule has 1 aromatic carbocycles. The van der Waals surface area contributed by atoms with Crippen molar-refractivity contribution in [2.24, 2.45) is 5.11 Å². The number of amides is 1. The van der Waals surface area contributed by atoms with E-state index >= 15 is 0 Å². The molecule has 2 rings (SSSR count). The van der Waals surface area contributed by atoms with Crippen LogP contribution in [0.3, 0.4) is 0 Å². The molecule has 1 aliphatic rings. The number of nitrogens with one attached hydrogen (secondary N) is 1. The Kier molecular flexibility index (Phi) is 4.79. The molecule has 0 spiro atoms. The molecule has 7 heteroatoms. The summed E-state index contributed by atoms with van der Waals surface area (Å²) in [5.74, 6) is -0.384. The lowest BCUT2D eigenvalue weighted by Gasteiger charge is -2.18. The fourth-order valence-electron chi connectivity index (χ4n) is 2.34. The van der Waals surface area contributed by atoms with Crippen molar-refractivity contribution in [2.45, 2.75) is 31.7 Å². The number of esters is 1. The van der Waals surface area contributed by atoms with Gasteiger partial charge < -0.3 is 10.1 Å². The molecular weight excluding hydrogens is 272 g/mol. The van der Waals surface area contributed by atoms with Crippen molar-refractivity contribution in [3.05, 3.63) is 39.8 Å². The summed E-state index contributed by atoms with van der Waals surface area (Å²) in [5, 5.41) is 6.45. The molecule has 0 unspecified atom stereocenters. The van der Waals surface area contributed by atoms with Gasteiger partial charge in [0.2, 0.25) is 5.91 Å². The van der Waals surface area contributed by atoms with Gasteiger partial charge in [0.15, 0.2) is 0 Å². The van der Waals surface area contributed by atoms with Gasteiger partial charge in [0.25, 0.3) is 0 Å². The Bertz CT molecular complexity index is 608. The van der Waals surface area contributed by atoms with E-state index in [1.165, 1.54) is 7.11 Å². The number of fused-ring (bicyclic) bond motifs is 1. The lowest BCUT2D eigenvalue weighted by molar-refractivity contribution is -0.141. The van der Waals surface area contributed by atoms with Crippen LogP contribution in [-0.4, -0.2) is 25.0 Å². The second-order valence-corrected chi connectivity index (χ2v) is 4.88. The third-order valence-electron chi connectivity index (χ3n) is 3.38. The molecule has 1 aromatic rings. The molecule has 0 saturated heterocycles. The number of hydrogen-bond acceptors (Lipinski definition) is 4. The Morgan fingerprint density at radius 3 is 3.05 bits per heavy atom. The molecule has 0 aliphatic carbocycles. The lowest BCUT2D eigenvalue weighted by atomic mass is 9.97. The average molecular weight is 288 g/mol. The van der Waals surface area contributed by atoms with E-state index in [1.807, 2.05) is 18.2 Å². The maximum atomic E-state index is 11.3. The van der Waals surface area contributed by atoms with E-state index in [4.69, 9.17) is 5.53 Å². The Balaban J connectivity index is 2.12. The molecule has 21 heavy (non-hydrogen) atoms. The zero-order chi connectivity index (χ0) is 15.2. The number of aryl methyl sites for hydroxylation is 1. The van der Waals surface area contributed by atoms with E-state index in [2.05, 4.69) is 20.1 Å². The van der Waals surface area contributed by atoms with Crippen LogP contribution in [0.5, 0.6) is 0 Å². The first kappa shape index (κ1) is 14.9. The van der Waals surface area contributed by atoms with Crippen molar-refractivity contribution in [3.8, 4) is 0 Å². The van der Waals surface area contributed by atoms with Gasteiger partial charge in [-0.1, -0.05) is 17.2 Å². The highest BCUT2D eigenvalue weighted by Crippen LogP contribution is 2.24. The number of ether oxygens (including phenoxy) is 1. The fourth-order valence-corrected chi connectivity index (χ4v) is 2.34. The highest BCUT2D eigenvalue weighted by atomic mass is 16.5. The van der Waals surface area contributed by atoms with Crippen molar-refractivity contribution in [2.75, 3.05) is 12.4 Å². The van der Waals surface area contributed by atoms with E-state index in [0.29, 0.717) is 19.3 Å². The molecule has 0 radical (unpaired) electrons. The molecule has 0 fully saturated rings. The quantitative estimate of drug-likeness (QED) is 0.389. The van der Waals surface area contributed by atoms with Gasteiger partial charge in [0, 0.05) is 17.0 Å². The van der Waals surface area contributed by atoms with E-state index in [-0.39, 0.29) is 12.3 Å². The highest BCUT2D eigenvalue weighted by molar-refractivity contribution is 5.93. The predicted molar refractivity (Wildman–Crippen MR) is 76.7 cm³/mol. The number of azide groups is 1. The number of benzene rings is 1. The molecule has 110 valence electrons. The van der Waals surface area contributed by atoms with E-state index in [9.17, 15) is 9.59 Å². The Hall–Kier alpha value is -2.53. The van der Waals surface area contributed by atoms with Crippen LogP contribution in [-0.2, 0) is 27.2 Å². The molecule has 1 aliphatic heterocycles. The van der Waals surface area contributed by atoms with E-state index < -0.39 is 12.0 Å². The zero-order valence-corrected chi connectivity index (χ0v) is 11.7. The number of carbonyl (C=O) groups excluding carboxylic acids is 2. The minimum Gasteiger partial charge on any atom is -0.469 e. The summed E-state index contributed by atoms with van der Waals surface area (Å²) in [5.41, 5.74) is 11.4. The largest absolute Gasteiger partial charge is 0.469 e. The van der Waals surface area contributed by atoms with Gasteiger partial charge in [-0.25, -0.2) is 0 Å². The third-order valence-corrected chi connectivity index (χ3v) is 3.38. The second kappa shape index (κ2) is 6.76. The summed E-state index contributed by atoms with van der Waals surface area (Å²) in [7, 11) is 1.30. The van der Waals surface area contributed by atoms with Crippen molar-refractivity contribution in [3.63, 3.8) is 0 Å². The number of carbonyl (C=O) groups is 2. The Labute approximate surface area is 121 Å². The maximum absolute atomic E-state index is 11.3. The van der Waals surface area contributed by atoms with Gasteiger partial charge >= 0.3 is 5.97 Å². The van der Waals surface area contributed by atoms with Crippen LogP contribution in [0.15, 0.2) is 23.3 Å². The molecule has 1 atom stereocenters. The average Bonchev–Trinajstić information content (AvgIpc) is 2.47. The predicted octanol–water partition coefficient (Wildman–Crippen LogP) is 2.36. The first-order valence-electron chi connectivity index (χ1n) is 6.65. The summed E-state index contributed by atoms with van der Waals surface area (Å²) in [6.07, 6.45) is 1.67. The van der Waals surface area contributed by atoms with Crippen LogP contribution in [0.2, 0.25) is 0 Å². The standard InChI is InChI=1S/C14H16N4O3/c1-21-14(20)8-11(17-18-15)7-9-2-4-12-10(6-9)3-5-13(19)16-12/h2,4,6,11H,3,5,7-8H2,1H3,(H,16,19)/t11-/m1/s1. The first-order valence-corrected chi connectivity index (χ1v) is 6.65. The highest BCUT2D eigenvalue weighted by Gasteiger charge is 2.17. The molecule has 7 nitrogen and oxygen atoms in total. The molecule has 0 saturated carbocycles. The minimum atomic E-state index is -0.473. The number of hydrogen-bond donors (Lipinski definition) is 1. The van der Waals surface area contributed by atoms with Crippen LogP contribution in [0.4, 0.5) is 5.69 Å². The van der Waals surface area contributed by atoms with Crippen LogP contribution >= 0.6 is 0 Å². The minimum absolute atomic E-state index is 0.0212. The van der Waals surface area contributed by atoms with Gasteiger partial charge in [-0.05, 0) is 35.6 Å². The molecule has 1 amide bonds. The molecule has 0 bridgehead atoms. The summed E-state index contributed by atoms with van der Waals surface area (Å²) in [4.78, 5) is 25.4. The van der Waals surface area contributed by atoms with Crippen LogP contribution in [0.25, 0.3) is 10.4 Å². The summed E-state index contributed by atoms with van der Waals surface area (Å²) in [6, 6.07) is 5.21. The normalized spacial score (nSPS) is 14.4. The number of nitrogens with zero attached hydrogens (tertiary/aromatic N) is 3. The van der Waals surface area contributed by atoms with Gasteiger partial charge in [-0.15, -0.1) is 0 Å².